The van der Waals surface area contributed by atoms with Gasteiger partial charge in [-0.1, -0.05) is 6.92 Å². The molecule has 4 heteroatoms. The maximum atomic E-state index is 5.92. The highest BCUT2D eigenvalue weighted by molar-refractivity contribution is 5.48. The van der Waals surface area contributed by atoms with Crippen LogP contribution >= 0.6 is 0 Å². The second-order valence-corrected chi connectivity index (χ2v) is 6.14. The molecule has 1 N–H and O–H groups in total. The van der Waals surface area contributed by atoms with Crippen LogP contribution in [0.2, 0.25) is 0 Å². The van der Waals surface area contributed by atoms with Gasteiger partial charge in [0.1, 0.15) is 11.4 Å². The smallest absolute Gasteiger partial charge is 0.162 e. The summed E-state index contributed by atoms with van der Waals surface area (Å²) in [5, 5.41) is 3.50. The summed E-state index contributed by atoms with van der Waals surface area (Å²) >= 11 is 0. The van der Waals surface area contributed by atoms with Crippen LogP contribution in [0.4, 0.5) is 5.82 Å². The van der Waals surface area contributed by atoms with Crippen LogP contribution in [0.3, 0.4) is 0 Å². The topological polar surface area (TPSA) is 47.0 Å². The number of rotatable bonds is 4. The van der Waals surface area contributed by atoms with E-state index in [1.807, 2.05) is 0 Å². The van der Waals surface area contributed by atoms with E-state index in [1.165, 1.54) is 24.1 Å². The monoisotopic (exact) mass is 275 g/mol. The van der Waals surface area contributed by atoms with E-state index in [0.717, 1.165) is 56.9 Å². The summed E-state index contributed by atoms with van der Waals surface area (Å²) in [6.45, 7) is 6.12. The van der Waals surface area contributed by atoms with Gasteiger partial charge in [0.05, 0.1) is 0 Å². The SMILES string of the molecule is CCCNc1nc(C2(C)CCCO2)nc2c1CCCC2. The van der Waals surface area contributed by atoms with Gasteiger partial charge in [-0.3, -0.25) is 0 Å². The molecule has 3 rings (SSSR count). The van der Waals surface area contributed by atoms with Gasteiger partial charge in [-0.2, -0.15) is 0 Å². The number of fused-ring (bicyclic) bond motifs is 1. The van der Waals surface area contributed by atoms with Gasteiger partial charge in [-0.25, -0.2) is 9.97 Å². The largest absolute Gasteiger partial charge is 0.370 e. The van der Waals surface area contributed by atoms with E-state index >= 15 is 0 Å². The Bertz CT molecular complexity index is 481. The fourth-order valence-electron chi connectivity index (χ4n) is 3.18. The molecule has 1 aromatic heterocycles. The molecule has 110 valence electrons. The molecule has 1 atom stereocenters. The first-order chi connectivity index (χ1) is 9.73. The highest BCUT2D eigenvalue weighted by atomic mass is 16.5. The van der Waals surface area contributed by atoms with Gasteiger partial charge in [0.15, 0.2) is 5.82 Å². The molecule has 1 fully saturated rings. The van der Waals surface area contributed by atoms with Crippen LogP contribution in [0.15, 0.2) is 0 Å². The summed E-state index contributed by atoms with van der Waals surface area (Å²) in [7, 11) is 0. The van der Waals surface area contributed by atoms with Crippen LogP contribution in [0.25, 0.3) is 0 Å². The first kappa shape index (κ1) is 13.8. The normalized spacial score (nSPS) is 25.5. The third kappa shape index (κ3) is 2.53. The molecular weight excluding hydrogens is 250 g/mol. The van der Waals surface area contributed by atoms with Gasteiger partial charge in [-0.15, -0.1) is 0 Å². The van der Waals surface area contributed by atoms with Gasteiger partial charge in [0.25, 0.3) is 0 Å². The van der Waals surface area contributed by atoms with E-state index in [9.17, 15) is 0 Å². The average Bonchev–Trinajstić information content (AvgIpc) is 2.92. The molecule has 20 heavy (non-hydrogen) atoms. The van der Waals surface area contributed by atoms with E-state index < -0.39 is 0 Å². The highest BCUT2D eigenvalue weighted by Crippen LogP contribution is 2.36. The van der Waals surface area contributed by atoms with Crippen LogP contribution in [0.1, 0.15) is 63.0 Å². The summed E-state index contributed by atoms with van der Waals surface area (Å²) in [6, 6.07) is 0. The van der Waals surface area contributed by atoms with Crippen LogP contribution < -0.4 is 5.32 Å². The van der Waals surface area contributed by atoms with Gasteiger partial charge in [-0.05, 0) is 51.9 Å². The van der Waals surface area contributed by atoms with E-state index in [1.54, 1.807) is 0 Å². The Morgan fingerprint density at radius 3 is 2.80 bits per heavy atom. The van der Waals surface area contributed by atoms with Crippen molar-refractivity contribution in [2.24, 2.45) is 0 Å². The Morgan fingerprint density at radius 1 is 1.20 bits per heavy atom. The molecular formula is C16H25N3O. The lowest BCUT2D eigenvalue weighted by molar-refractivity contribution is 0.00919. The van der Waals surface area contributed by atoms with E-state index in [4.69, 9.17) is 14.7 Å². The van der Waals surface area contributed by atoms with Crippen LogP contribution in [0, 0.1) is 0 Å². The first-order valence-electron chi connectivity index (χ1n) is 8.01. The van der Waals surface area contributed by atoms with Crippen molar-refractivity contribution >= 4 is 5.82 Å². The van der Waals surface area contributed by atoms with Crippen molar-refractivity contribution in [2.75, 3.05) is 18.5 Å². The Balaban J connectivity index is 1.98. The lowest BCUT2D eigenvalue weighted by Crippen LogP contribution is -2.26. The minimum atomic E-state index is -0.283. The molecule has 2 heterocycles. The molecule has 0 bridgehead atoms. The van der Waals surface area contributed by atoms with Crippen LogP contribution in [-0.4, -0.2) is 23.1 Å². The predicted molar refractivity (Wildman–Crippen MR) is 80.0 cm³/mol. The number of hydrogen-bond acceptors (Lipinski definition) is 4. The summed E-state index contributed by atoms with van der Waals surface area (Å²) in [6.07, 6.45) is 7.94. The van der Waals surface area contributed by atoms with Crippen molar-refractivity contribution in [3.05, 3.63) is 17.1 Å². The van der Waals surface area contributed by atoms with Crippen LogP contribution in [-0.2, 0) is 23.2 Å². The Labute approximate surface area is 121 Å². The maximum Gasteiger partial charge on any atom is 0.162 e. The number of aryl methyl sites for hydroxylation is 1. The van der Waals surface area contributed by atoms with Crippen molar-refractivity contribution in [1.29, 1.82) is 0 Å². The quantitative estimate of drug-likeness (QED) is 0.916. The summed E-state index contributed by atoms with van der Waals surface area (Å²) in [4.78, 5) is 9.69. The number of hydrogen-bond donors (Lipinski definition) is 1. The second-order valence-electron chi connectivity index (χ2n) is 6.14. The standard InChI is InChI=1S/C16H25N3O/c1-3-10-17-14-12-7-4-5-8-13(12)18-15(19-14)16(2)9-6-11-20-16/h3-11H2,1-2H3,(H,17,18,19). The van der Waals surface area contributed by atoms with Gasteiger partial charge in [0, 0.05) is 24.4 Å². The predicted octanol–water partition coefficient (Wildman–Crippen LogP) is 3.20. The second kappa shape index (κ2) is 5.68. The van der Waals surface area contributed by atoms with E-state index in [2.05, 4.69) is 19.2 Å². The van der Waals surface area contributed by atoms with Crippen molar-refractivity contribution in [3.63, 3.8) is 0 Å². The number of aromatic nitrogens is 2. The highest BCUT2D eigenvalue weighted by Gasteiger charge is 2.36. The molecule has 1 saturated heterocycles. The summed E-state index contributed by atoms with van der Waals surface area (Å²) in [5.41, 5.74) is 2.31. The van der Waals surface area contributed by atoms with E-state index in [0.29, 0.717) is 0 Å². The van der Waals surface area contributed by atoms with Gasteiger partial charge in [0.2, 0.25) is 0 Å². The molecule has 1 unspecified atom stereocenters. The van der Waals surface area contributed by atoms with Crippen molar-refractivity contribution < 1.29 is 4.74 Å². The minimum Gasteiger partial charge on any atom is -0.370 e. The van der Waals surface area contributed by atoms with Crippen molar-refractivity contribution in [1.82, 2.24) is 9.97 Å². The van der Waals surface area contributed by atoms with Crippen LogP contribution in [0.5, 0.6) is 0 Å². The molecule has 0 aromatic carbocycles. The summed E-state index contributed by atoms with van der Waals surface area (Å²) < 4.78 is 5.92. The molecule has 1 aliphatic heterocycles. The number of nitrogens with zero attached hydrogens (tertiary/aromatic N) is 2. The zero-order valence-corrected chi connectivity index (χ0v) is 12.7. The molecule has 0 amide bonds. The third-order valence-corrected chi connectivity index (χ3v) is 4.42. The fraction of sp³-hybridized carbons (Fsp3) is 0.750. The van der Waals surface area contributed by atoms with Gasteiger partial charge < -0.3 is 10.1 Å². The molecule has 4 nitrogen and oxygen atoms in total. The Kier molecular flexibility index (Phi) is 3.92. The van der Waals surface area contributed by atoms with Crippen molar-refractivity contribution in [2.45, 2.75) is 64.4 Å². The van der Waals surface area contributed by atoms with Crippen molar-refractivity contribution in [3.8, 4) is 0 Å². The zero-order valence-electron chi connectivity index (χ0n) is 12.7. The minimum absolute atomic E-state index is 0.283. The Morgan fingerprint density at radius 2 is 2.05 bits per heavy atom. The number of anilines is 1. The Hall–Kier alpha value is -1.16. The average molecular weight is 275 g/mol. The van der Waals surface area contributed by atoms with Gasteiger partial charge >= 0.3 is 0 Å². The maximum absolute atomic E-state index is 5.92. The summed E-state index contributed by atoms with van der Waals surface area (Å²) in [5.74, 6) is 1.94. The third-order valence-electron chi connectivity index (χ3n) is 4.42. The molecule has 0 saturated carbocycles. The first-order valence-corrected chi connectivity index (χ1v) is 8.01. The molecule has 2 aliphatic rings. The fourth-order valence-corrected chi connectivity index (χ4v) is 3.18. The molecule has 0 radical (unpaired) electrons. The molecule has 1 aliphatic carbocycles. The molecule has 1 aromatic rings. The number of nitrogens with one attached hydrogen (secondary N) is 1. The number of ether oxygens (including phenoxy) is 1. The lowest BCUT2D eigenvalue weighted by atomic mass is 9.94. The lowest BCUT2D eigenvalue weighted by Gasteiger charge is -2.26. The molecule has 0 spiro atoms. The zero-order chi connectivity index (χ0) is 14.0. The van der Waals surface area contributed by atoms with E-state index in [-0.39, 0.29) is 5.60 Å².